The topological polar surface area (TPSA) is 9.72 Å². The molecule has 0 amide bonds. The van der Waals surface area contributed by atoms with Crippen LogP contribution in [-0.2, 0) is 0 Å². The molecule has 0 spiro atoms. The zero-order valence-corrected chi connectivity index (χ0v) is 9.67. The molecule has 0 aliphatic carbocycles. The standard InChI is InChI=1S/C6H18AsN3/c1-8(2)7(9(3)4)10(5)6/h1-6H3. The molecule has 0 heterocycles. The monoisotopic (exact) mass is 207 g/mol. The van der Waals surface area contributed by atoms with Gasteiger partial charge in [0.15, 0.2) is 0 Å². The average molecular weight is 207 g/mol. The quantitative estimate of drug-likeness (QED) is 0.586. The van der Waals surface area contributed by atoms with Gasteiger partial charge in [-0.15, -0.1) is 0 Å². The van der Waals surface area contributed by atoms with Crippen LogP contribution in [0, 0.1) is 0 Å². The van der Waals surface area contributed by atoms with Gasteiger partial charge in [0.25, 0.3) is 0 Å². The molecule has 0 bridgehead atoms. The summed E-state index contributed by atoms with van der Waals surface area (Å²) in [5.41, 5.74) is 0. The van der Waals surface area contributed by atoms with Crippen LogP contribution in [0.15, 0.2) is 0 Å². The molecule has 10 heavy (non-hydrogen) atoms. The molecule has 0 saturated carbocycles. The van der Waals surface area contributed by atoms with Gasteiger partial charge < -0.3 is 0 Å². The molecule has 0 aromatic carbocycles. The number of rotatable bonds is 3. The molecule has 4 heteroatoms. The van der Waals surface area contributed by atoms with Gasteiger partial charge in [-0.25, -0.2) is 0 Å². The molecule has 62 valence electrons. The summed E-state index contributed by atoms with van der Waals surface area (Å²) in [5.74, 6) is 0. The minimum absolute atomic E-state index is 1.02. The molecule has 0 atom stereocenters. The molecular weight excluding hydrogens is 189 g/mol. The maximum absolute atomic E-state index is 2.31. The van der Waals surface area contributed by atoms with Crippen LogP contribution in [0.25, 0.3) is 0 Å². The molecule has 0 N–H and O–H groups in total. The Morgan fingerprint density at radius 2 is 0.800 bits per heavy atom. The van der Waals surface area contributed by atoms with Crippen molar-refractivity contribution >= 4 is 15.3 Å². The van der Waals surface area contributed by atoms with Gasteiger partial charge in [0.2, 0.25) is 0 Å². The number of hydrogen-bond acceptors (Lipinski definition) is 3. The second kappa shape index (κ2) is 4.34. The van der Waals surface area contributed by atoms with Crippen molar-refractivity contribution in [1.29, 1.82) is 0 Å². The van der Waals surface area contributed by atoms with Gasteiger partial charge in [0.1, 0.15) is 0 Å². The molecule has 3 nitrogen and oxygen atoms in total. The average Bonchev–Trinajstić information content (AvgIpc) is 1.59. The van der Waals surface area contributed by atoms with Gasteiger partial charge in [-0.2, -0.15) is 0 Å². The summed E-state index contributed by atoms with van der Waals surface area (Å²) >= 11 is -1.02. The van der Waals surface area contributed by atoms with Crippen molar-refractivity contribution in [2.45, 2.75) is 0 Å². The number of hydrogen-bond donors (Lipinski definition) is 0. The van der Waals surface area contributed by atoms with E-state index < -0.39 is 15.3 Å². The zero-order chi connectivity index (χ0) is 8.31. The Morgan fingerprint density at radius 3 is 0.800 bits per heavy atom. The van der Waals surface area contributed by atoms with Crippen LogP contribution in [0.3, 0.4) is 0 Å². The van der Waals surface area contributed by atoms with Crippen molar-refractivity contribution in [3.05, 3.63) is 0 Å². The van der Waals surface area contributed by atoms with E-state index in [9.17, 15) is 0 Å². The maximum atomic E-state index is 2.31. The third kappa shape index (κ3) is 3.02. The summed E-state index contributed by atoms with van der Waals surface area (Å²) in [5, 5.41) is 0. The van der Waals surface area contributed by atoms with E-state index in [-0.39, 0.29) is 0 Å². The Balaban J connectivity index is 3.98. The first-order valence-corrected chi connectivity index (χ1v) is 5.80. The molecule has 0 fully saturated rings. The Bertz CT molecular complexity index is 74.0. The van der Waals surface area contributed by atoms with Crippen LogP contribution >= 0.6 is 0 Å². The van der Waals surface area contributed by atoms with Crippen LogP contribution in [0.1, 0.15) is 0 Å². The second-order valence-electron chi connectivity index (χ2n) is 2.81. The Labute approximate surface area is 69.5 Å². The predicted molar refractivity (Wildman–Crippen MR) is 46.8 cm³/mol. The molecule has 0 rings (SSSR count). The van der Waals surface area contributed by atoms with Gasteiger partial charge in [-0.1, -0.05) is 0 Å². The van der Waals surface area contributed by atoms with Gasteiger partial charge in [-0.05, 0) is 0 Å². The fourth-order valence-electron chi connectivity index (χ4n) is 1.07. The van der Waals surface area contributed by atoms with Crippen LogP contribution in [0.4, 0.5) is 0 Å². The summed E-state index contributed by atoms with van der Waals surface area (Å²) in [4.78, 5) is 0. The summed E-state index contributed by atoms with van der Waals surface area (Å²) in [7, 11) is 12.8. The van der Waals surface area contributed by atoms with E-state index in [1.807, 2.05) is 0 Å². The van der Waals surface area contributed by atoms with Crippen molar-refractivity contribution in [3.63, 3.8) is 0 Å². The molecule has 0 unspecified atom stereocenters. The van der Waals surface area contributed by atoms with E-state index in [1.54, 1.807) is 0 Å². The van der Waals surface area contributed by atoms with Crippen molar-refractivity contribution in [2.75, 3.05) is 42.3 Å². The van der Waals surface area contributed by atoms with Gasteiger partial charge in [-0.3, -0.25) is 0 Å². The molecule has 0 saturated heterocycles. The van der Waals surface area contributed by atoms with Gasteiger partial charge >= 0.3 is 69.1 Å². The van der Waals surface area contributed by atoms with Crippen LogP contribution in [-0.4, -0.2) is 69.1 Å². The summed E-state index contributed by atoms with van der Waals surface area (Å²) in [6, 6.07) is 0. The first-order chi connectivity index (χ1) is 4.46. The van der Waals surface area contributed by atoms with E-state index in [0.29, 0.717) is 0 Å². The summed E-state index contributed by atoms with van der Waals surface area (Å²) in [6.07, 6.45) is 0. The third-order valence-electron chi connectivity index (χ3n) is 1.07. The van der Waals surface area contributed by atoms with E-state index in [1.165, 1.54) is 0 Å². The van der Waals surface area contributed by atoms with E-state index in [0.717, 1.165) is 0 Å². The second-order valence-corrected chi connectivity index (χ2v) is 8.97. The molecular formula is C6H18AsN3. The van der Waals surface area contributed by atoms with Crippen LogP contribution in [0.2, 0.25) is 0 Å². The Morgan fingerprint density at radius 1 is 0.600 bits per heavy atom. The van der Waals surface area contributed by atoms with E-state index >= 15 is 0 Å². The minimum atomic E-state index is -1.02. The summed E-state index contributed by atoms with van der Waals surface area (Å²) < 4.78 is 6.94. The Hall–Kier alpha value is 0.438. The fraction of sp³-hybridized carbons (Fsp3) is 1.00. The zero-order valence-electron chi connectivity index (χ0n) is 7.79. The first-order valence-electron chi connectivity index (χ1n) is 3.28. The van der Waals surface area contributed by atoms with Crippen molar-refractivity contribution in [1.82, 2.24) is 11.5 Å². The molecule has 0 radical (unpaired) electrons. The van der Waals surface area contributed by atoms with Crippen molar-refractivity contribution in [2.24, 2.45) is 0 Å². The number of nitrogens with zero attached hydrogens (tertiary/aromatic N) is 3. The van der Waals surface area contributed by atoms with Gasteiger partial charge in [0, 0.05) is 0 Å². The molecule has 0 aliphatic heterocycles. The van der Waals surface area contributed by atoms with Crippen LogP contribution in [0.5, 0.6) is 0 Å². The van der Waals surface area contributed by atoms with E-state index in [4.69, 9.17) is 0 Å². The molecule has 0 aromatic rings. The van der Waals surface area contributed by atoms with Crippen LogP contribution < -0.4 is 0 Å². The van der Waals surface area contributed by atoms with Gasteiger partial charge in [0.05, 0.1) is 0 Å². The summed E-state index contributed by atoms with van der Waals surface area (Å²) in [6.45, 7) is 0. The third-order valence-corrected chi connectivity index (χ3v) is 5.58. The molecule has 0 aromatic heterocycles. The van der Waals surface area contributed by atoms with Crippen molar-refractivity contribution in [3.8, 4) is 0 Å². The van der Waals surface area contributed by atoms with E-state index in [2.05, 4.69) is 53.7 Å². The van der Waals surface area contributed by atoms with Crippen molar-refractivity contribution < 1.29 is 0 Å². The fourth-order valence-corrected chi connectivity index (χ4v) is 5.58. The normalized spacial score (nSPS) is 12.6. The predicted octanol–water partition coefficient (Wildman–Crippen LogP) is -0.344. The SMILES string of the molecule is CN(C)[As](N(C)C)N(C)C. The molecule has 0 aliphatic rings. The Kier molecular flexibility index (Phi) is 4.53. The first kappa shape index (κ1) is 10.4.